The number of alkyl halides is 2. The molecule has 5 heteroatoms. The molecular weight excluding hydrogens is 420 g/mol. The van der Waals surface area contributed by atoms with Gasteiger partial charge in [-0.25, -0.2) is 0 Å². The third-order valence-corrected chi connectivity index (χ3v) is 7.64. The second-order valence-electron chi connectivity index (χ2n) is 4.45. The van der Waals surface area contributed by atoms with E-state index in [1.54, 1.807) is 0 Å². The average Bonchev–Trinajstić information content (AvgIpc) is 3.00. The summed E-state index contributed by atoms with van der Waals surface area (Å²) in [7, 11) is 0. The Kier molecular flexibility index (Phi) is 4.14. The van der Waals surface area contributed by atoms with Crippen LogP contribution in [0.4, 0.5) is 0 Å². The second-order valence-corrected chi connectivity index (χ2v) is 8.38. The minimum absolute atomic E-state index is 0.00491. The topological polar surface area (TPSA) is 48.2 Å². The van der Waals surface area contributed by atoms with E-state index in [1.165, 1.54) is 19.3 Å². The number of carbonyl (C=O) groups excluding carboxylic acids is 1. The summed E-state index contributed by atoms with van der Waals surface area (Å²) in [5.74, 6) is -0.00491. The SMILES string of the molecule is CC1(OC(=O)C(I)C2N[I-]2)CCCCC1. The van der Waals surface area contributed by atoms with Crippen molar-refractivity contribution >= 4 is 28.6 Å². The van der Waals surface area contributed by atoms with Crippen LogP contribution in [0.25, 0.3) is 0 Å². The van der Waals surface area contributed by atoms with E-state index in [-0.39, 0.29) is 37.0 Å². The summed E-state index contributed by atoms with van der Waals surface area (Å²) < 4.78 is 9.44. The van der Waals surface area contributed by atoms with E-state index in [0.717, 1.165) is 12.8 Å². The van der Waals surface area contributed by atoms with E-state index in [4.69, 9.17) is 4.74 Å². The number of halogens is 2. The fourth-order valence-electron chi connectivity index (χ4n) is 1.97. The number of carbonyl (C=O) groups is 1. The van der Waals surface area contributed by atoms with Gasteiger partial charge in [-0.05, 0) is 0 Å². The molecule has 2 fully saturated rings. The van der Waals surface area contributed by atoms with Crippen molar-refractivity contribution in [2.45, 2.75) is 52.6 Å². The second kappa shape index (κ2) is 5.03. The van der Waals surface area contributed by atoms with Crippen molar-refractivity contribution in [2.24, 2.45) is 0 Å². The van der Waals surface area contributed by atoms with Crippen LogP contribution in [-0.2, 0) is 9.53 Å². The van der Waals surface area contributed by atoms with Crippen LogP contribution < -0.4 is 25.0 Å². The Hall–Kier alpha value is 0.890. The molecule has 0 radical (unpaired) electrons. The third-order valence-electron chi connectivity index (χ3n) is 2.98. The molecule has 0 bridgehead atoms. The number of hydrogen-bond acceptors (Lipinski definition) is 3. The molecule has 1 heterocycles. The Morgan fingerprint density at radius 2 is 2.13 bits per heavy atom. The molecule has 0 aromatic carbocycles. The zero-order chi connectivity index (χ0) is 10.9. The van der Waals surface area contributed by atoms with Crippen LogP contribution >= 0.6 is 22.6 Å². The van der Waals surface area contributed by atoms with Gasteiger partial charge in [0.1, 0.15) is 0 Å². The summed E-state index contributed by atoms with van der Waals surface area (Å²) in [5.41, 5.74) is -0.175. The van der Waals surface area contributed by atoms with Crippen molar-refractivity contribution in [3.05, 3.63) is 0 Å². The van der Waals surface area contributed by atoms with Gasteiger partial charge in [0.15, 0.2) is 0 Å². The Balaban J connectivity index is 1.85. The van der Waals surface area contributed by atoms with Crippen molar-refractivity contribution in [1.82, 2.24) is 3.53 Å². The van der Waals surface area contributed by atoms with Crippen molar-refractivity contribution in [1.29, 1.82) is 0 Å². The number of hydrogen-bond donors (Lipinski definition) is 1. The zero-order valence-corrected chi connectivity index (χ0v) is 13.1. The number of rotatable bonds is 3. The van der Waals surface area contributed by atoms with E-state index in [0.29, 0.717) is 4.05 Å². The van der Waals surface area contributed by atoms with Crippen LogP contribution in [0, 0.1) is 0 Å². The zero-order valence-electron chi connectivity index (χ0n) is 8.76. The van der Waals surface area contributed by atoms with Gasteiger partial charge in [-0.3, -0.25) is 0 Å². The van der Waals surface area contributed by atoms with Gasteiger partial charge in [-0.15, -0.1) is 0 Å². The van der Waals surface area contributed by atoms with Crippen LogP contribution in [0.1, 0.15) is 39.0 Å². The molecule has 1 aliphatic carbocycles. The van der Waals surface area contributed by atoms with Crippen molar-refractivity contribution in [3.8, 4) is 0 Å². The van der Waals surface area contributed by atoms with Gasteiger partial charge in [0.25, 0.3) is 0 Å². The standard InChI is InChI=1S/C10H16I2NO2/c1-10(5-3-2-4-6-10)15-9(14)7(11)8-12-13-8/h7-8,13H,2-6H2,1H3/q-1. The molecule has 3 nitrogen and oxygen atoms in total. The molecule has 15 heavy (non-hydrogen) atoms. The maximum atomic E-state index is 11.8. The Morgan fingerprint density at radius 3 is 2.67 bits per heavy atom. The molecule has 0 aromatic rings. The van der Waals surface area contributed by atoms with Crippen LogP contribution in [0.5, 0.6) is 0 Å². The quantitative estimate of drug-likeness (QED) is 0.154. The van der Waals surface area contributed by atoms with Crippen molar-refractivity contribution < 1.29 is 31.0 Å². The van der Waals surface area contributed by atoms with Crippen LogP contribution in [0.2, 0.25) is 0 Å². The summed E-state index contributed by atoms with van der Waals surface area (Å²) in [5, 5.41) is 0. The predicted molar refractivity (Wildman–Crippen MR) is 62.3 cm³/mol. The number of nitrogens with one attached hydrogen (secondary N) is 1. The number of ether oxygens (including phenoxy) is 1. The summed E-state index contributed by atoms with van der Waals surface area (Å²) in [4.78, 5) is 11.8. The molecule has 2 unspecified atom stereocenters. The van der Waals surface area contributed by atoms with E-state index < -0.39 is 0 Å². The molecule has 1 aliphatic heterocycles. The van der Waals surface area contributed by atoms with Crippen LogP contribution in [-0.4, -0.2) is 19.5 Å². The first-order chi connectivity index (χ1) is 7.11. The summed E-state index contributed by atoms with van der Waals surface area (Å²) in [6.07, 6.45) is 5.76. The minimum atomic E-state index is -0.175. The Morgan fingerprint density at radius 1 is 1.53 bits per heavy atom. The monoisotopic (exact) mass is 436 g/mol. The van der Waals surface area contributed by atoms with E-state index in [1.807, 2.05) is 0 Å². The van der Waals surface area contributed by atoms with Gasteiger partial charge in [-0.1, -0.05) is 0 Å². The van der Waals surface area contributed by atoms with E-state index >= 15 is 0 Å². The van der Waals surface area contributed by atoms with Crippen molar-refractivity contribution in [3.63, 3.8) is 0 Å². The van der Waals surface area contributed by atoms with Gasteiger partial charge < -0.3 is 0 Å². The molecule has 88 valence electrons. The van der Waals surface area contributed by atoms with Crippen molar-refractivity contribution in [2.75, 3.05) is 0 Å². The fraction of sp³-hybridized carbons (Fsp3) is 0.900. The van der Waals surface area contributed by atoms with Gasteiger partial charge in [-0.2, -0.15) is 0 Å². The summed E-state index contributed by atoms with van der Waals surface area (Å²) in [6, 6.07) is 0. The van der Waals surface area contributed by atoms with Gasteiger partial charge >= 0.3 is 116 Å². The molecule has 0 spiro atoms. The molecule has 1 N–H and O–H groups in total. The van der Waals surface area contributed by atoms with Gasteiger partial charge in [0.2, 0.25) is 0 Å². The fourth-order valence-corrected chi connectivity index (χ4v) is 5.05. The average molecular weight is 436 g/mol. The maximum absolute atomic E-state index is 11.8. The van der Waals surface area contributed by atoms with E-state index in [2.05, 4.69) is 33.0 Å². The number of esters is 1. The van der Waals surface area contributed by atoms with Gasteiger partial charge in [0, 0.05) is 0 Å². The van der Waals surface area contributed by atoms with E-state index in [9.17, 15) is 4.79 Å². The summed E-state index contributed by atoms with van der Waals surface area (Å²) in [6.45, 7) is 2.09. The predicted octanol–water partition coefficient (Wildman–Crippen LogP) is -1.01. The first-order valence-corrected chi connectivity index (χ1v) is 8.93. The van der Waals surface area contributed by atoms with Crippen LogP contribution in [0.3, 0.4) is 0 Å². The third kappa shape index (κ3) is 3.42. The Bertz CT molecular complexity index is 250. The molecule has 1 saturated carbocycles. The molecule has 2 aliphatic rings. The first-order valence-electron chi connectivity index (χ1n) is 5.36. The normalized spacial score (nSPS) is 31.2. The van der Waals surface area contributed by atoms with Gasteiger partial charge in [0.05, 0.1) is 0 Å². The summed E-state index contributed by atoms with van der Waals surface area (Å²) >= 11 is 2.31. The Labute approximate surface area is 115 Å². The van der Waals surface area contributed by atoms with Crippen LogP contribution in [0.15, 0.2) is 0 Å². The molecule has 1 saturated heterocycles. The molecular formula is C10H16I2NO2-. The molecule has 0 amide bonds. The molecule has 0 aromatic heterocycles. The molecule has 2 atom stereocenters. The first kappa shape index (κ1) is 12.3. The molecule has 2 rings (SSSR count).